The van der Waals surface area contributed by atoms with Crippen LogP contribution in [0.2, 0.25) is 0 Å². The van der Waals surface area contributed by atoms with Crippen molar-refractivity contribution in [1.82, 2.24) is 10.6 Å². The zero-order valence-corrected chi connectivity index (χ0v) is 12.0. The first-order chi connectivity index (χ1) is 9.25. The average molecular weight is 316 g/mol. The largest absolute Gasteiger partial charge is 0.508 e. The van der Waals surface area contributed by atoms with Gasteiger partial charge in [-0.3, -0.25) is 4.79 Å². The predicted octanol–water partition coefficient (Wildman–Crippen LogP) is 0.291. The van der Waals surface area contributed by atoms with Crippen molar-refractivity contribution in [3.05, 3.63) is 34.2 Å². The van der Waals surface area contributed by atoms with E-state index in [0.29, 0.717) is 0 Å². The van der Waals surface area contributed by atoms with Crippen LogP contribution in [0.3, 0.4) is 0 Å². The topological polar surface area (TPSA) is 116 Å². The van der Waals surface area contributed by atoms with Gasteiger partial charge in [0, 0.05) is 23.3 Å². The molecule has 1 aliphatic heterocycles. The molecule has 1 aromatic carbocycles. The maximum absolute atomic E-state index is 11.9. The van der Waals surface area contributed by atoms with E-state index in [4.69, 9.17) is 0 Å². The summed E-state index contributed by atoms with van der Waals surface area (Å²) in [5.41, 5.74) is -0.561. The van der Waals surface area contributed by atoms with Crippen LogP contribution in [0.25, 0.3) is 0 Å². The Bertz CT molecular complexity index is 664. The summed E-state index contributed by atoms with van der Waals surface area (Å²) in [6, 6.07) is 3.49. The second-order valence-electron chi connectivity index (χ2n) is 4.13. The molecule has 1 aromatic rings. The van der Waals surface area contributed by atoms with Crippen molar-refractivity contribution in [2.24, 2.45) is 0 Å². The van der Waals surface area contributed by atoms with E-state index in [1.54, 1.807) is 0 Å². The van der Waals surface area contributed by atoms with Crippen molar-refractivity contribution in [2.45, 2.75) is 5.50 Å². The van der Waals surface area contributed by atoms with Gasteiger partial charge < -0.3 is 20.8 Å². The molecule has 0 bridgehead atoms. The van der Waals surface area contributed by atoms with E-state index < -0.39 is 21.2 Å². The van der Waals surface area contributed by atoms with Crippen LogP contribution in [0.15, 0.2) is 28.6 Å². The first-order valence-corrected chi connectivity index (χ1v) is 8.25. The van der Waals surface area contributed by atoms with E-state index in [1.807, 2.05) is 0 Å². The molecule has 1 heterocycles. The molecule has 0 saturated heterocycles. The second kappa shape index (κ2) is 5.25. The second-order valence-corrected chi connectivity index (χ2v) is 7.09. The Morgan fingerprint density at radius 2 is 1.90 bits per heavy atom. The molecule has 1 amide bonds. The van der Waals surface area contributed by atoms with Gasteiger partial charge in [0.05, 0.1) is 0 Å². The van der Waals surface area contributed by atoms with Gasteiger partial charge in [0.2, 0.25) is 0 Å². The zero-order valence-electron chi connectivity index (χ0n) is 10.3. The van der Waals surface area contributed by atoms with Crippen molar-refractivity contribution in [1.29, 1.82) is 0 Å². The molecular formula is C11H12N2O5S2. The standard InChI is InChI=1S/C11H12N2O5S2/c1-20(17,18)9-5-19-11(12-9)13-10(16)6-2-7(14)4-8(15)3-6/h2-5,11-12,14-15H,1H3,(H,13,16). The minimum absolute atomic E-state index is 0.0338. The molecule has 1 unspecified atom stereocenters. The van der Waals surface area contributed by atoms with Gasteiger partial charge in [-0.25, -0.2) is 8.42 Å². The molecule has 0 radical (unpaired) electrons. The number of hydrogen-bond donors (Lipinski definition) is 4. The van der Waals surface area contributed by atoms with Crippen molar-refractivity contribution in [2.75, 3.05) is 6.26 Å². The van der Waals surface area contributed by atoms with E-state index in [2.05, 4.69) is 10.6 Å². The lowest BCUT2D eigenvalue weighted by Crippen LogP contribution is -2.40. The van der Waals surface area contributed by atoms with Crippen molar-refractivity contribution >= 4 is 27.5 Å². The van der Waals surface area contributed by atoms with Crippen molar-refractivity contribution < 1.29 is 23.4 Å². The fourth-order valence-corrected chi connectivity index (χ4v) is 3.49. The Labute approximate surface area is 119 Å². The number of sulfone groups is 1. The van der Waals surface area contributed by atoms with Crippen molar-refractivity contribution in [3.8, 4) is 11.5 Å². The van der Waals surface area contributed by atoms with Gasteiger partial charge in [0.1, 0.15) is 16.5 Å². The number of nitrogens with one attached hydrogen (secondary N) is 2. The van der Waals surface area contributed by atoms with Gasteiger partial charge in [-0.2, -0.15) is 0 Å². The van der Waals surface area contributed by atoms with E-state index in [9.17, 15) is 23.4 Å². The van der Waals surface area contributed by atoms with E-state index in [-0.39, 0.29) is 22.1 Å². The summed E-state index contributed by atoms with van der Waals surface area (Å²) in [5.74, 6) is -1.03. The lowest BCUT2D eigenvalue weighted by Gasteiger charge is -2.14. The third kappa shape index (κ3) is 3.36. The highest BCUT2D eigenvalue weighted by Gasteiger charge is 2.24. The first-order valence-electron chi connectivity index (χ1n) is 5.42. The first kappa shape index (κ1) is 14.5. The number of carbonyl (C=O) groups excluding carboxylic acids is 1. The summed E-state index contributed by atoms with van der Waals surface area (Å²) in [5, 5.41) is 25.2. The third-order valence-corrected chi connectivity index (χ3v) is 4.47. The zero-order chi connectivity index (χ0) is 14.9. The van der Waals surface area contributed by atoms with Gasteiger partial charge in [-0.15, -0.1) is 0 Å². The van der Waals surface area contributed by atoms with E-state index in [0.717, 1.165) is 24.1 Å². The average Bonchev–Trinajstić information content (AvgIpc) is 2.75. The Morgan fingerprint density at radius 3 is 2.40 bits per heavy atom. The Hall–Kier alpha value is -1.87. The van der Waals surface area contributed by atoms with Crippen LogP contribution in [-0.4, -0.2) is 36.3 Å². The Balaban J connectivity index is 2.04. The number of benzene rings is 1. The summed E-state index contributed by atoms with van der Waals surface area (Å²) in [7, 11) is -3.35. The quantitative estimate of drug-likeness (QED) is 0.633. The Kier molecular flexibility index (Phi) is 3.82. The number of rotatable bonds is 3. The van der Waals surface area contributed by atoms with Crippen LogP contribution in [0, 0.1) is 0 Å². The summed E-state index contributed by atoms with van der Waals surface area (Å²) in [6.07, 6.45) is 1.06. The van der Waals surface area contributed by atoms with Gasteiger partial charge in [0.15, 0.2) is 15.3 Å². The highest BCUT2D eigenvalue weighted by molar-refractivity contribution is 8.04. The van der Waals surface area contributed by atoms with Crippen molar-refractivity contribution in [3.63, 3.8) is 0 Å². The molecule has 9 heteroatoms. The summed E-state index contributed by atoms with van der Waals surface area (Å²) < 4.78 is 22.6. The third-order valence-electron chi connectivity index (χ3n) is 2.41. The molecule has 2 rings (SSSR count). The molecule has 1 aliphatic rings. The number of phenolic OH excluding ortho intramolecular Hbond substituents is 2. The fourth-order valence-electron chi connectivity index (χ4n) is 1.52. The molecule has 0 aromatic heterocycles. The molecule has 108 valence electrons. The van der Waals surface area contributed by atoms with Crippen LogP contribution in [0.5, 0.6) is 11.5 Å². The van der Waals surface area contributed by atoms with Gasteiger partial charge in [0.25, 0.3) is 5.91 Å². The Morgan fingerprint density at radius 1 is 1.30 bits per heavy atom. The van der Waals surface area contributed by atoms with Gasteiger partial charge in [-0.05, 0) is 12.1 Å². The summed E-state index contributed by atoms with van der Waals surface area (Å²) >= 11 is 1.10. The van der Waals surface area contributed by atoms with Crippen LogP contribution in [0.1, 0.15) is 10.4 Å². The molecule has 20 heavy (non-hydrogen) atoms. The maximum atomic E-state index is 11.9. The monoisotopic (exact) mass is 316 g/mol. The van der Waals surface area contributed by atoms with Crippen LogP contribution in [-0.2, 0) is 9.84 Å². The SMILES string of the molecule is CS(=O)(=O)C1=CSC(NC(=O)c2cc(O)cc(O)c2)N1. The summed E-state index contributed by atoms with van der Waals surface area (Å²) in [6.45, 7) is 0. The fraction of sp³-hybridized carbons (Fsp3) is 0.182. The molecule has 0 fully saturated rings. The number of carbonyl (C=O) groups is 1. The highest BCUT2D eigenvalue weighted by Crippen LogP contribution is 2.23. The lowest BCUT2D eigenvalue weighted by molar-refractivity contribution is 0.0946. The number of phenols is 2. The van der Waals surface area contributed by atoms with Gasteiger partial charge >= 0.3 is 0 Å². The summed E-state index contributed by atoms with van der Waals surface area (Å²) in [4.78, 5) is 11.9. The maximum Gasteiger partial charge on any atom is 0.253 e. The minimum Gasteiger partial charge on any atom is -0.508 e. The smallest absolute Gasteiger partial charge is 0.253 e. The number of hydrogen-bond acceptors (Lipinski definition) is 7. The molecule has 0 aliphatic carbocycles. The molecule has 0 spiro atoms. The van der Waals surface area contributed by atoms with Gasteiger partial charge in [-0.1, -0.05) is 11.8 Å². The molecule has 0 saturated carbocycles. The minimum atomic E-state index is -3.35. The predicted molar refractivity (Wildman–Crippen MR) is 74.7 cm³/mol. The molecule has 7 nitrogen and oxygen atoms in total. The van der Waals surface area contributed by atoms with Crippen LogP contribution >= 0.6 is 11.8 Å². The van der Waals surface area contributed by atoms with E-state index in [1.165, 1.54) is 17.5 Å². The normalized spacial score (nSPS) is 18.2. The van der Waals surface area contributed by atoms with Crippen LogP contribution < -0.4 is 10.6 Å². The highest BCUT2D eigenvalue weighted by atomic mass is 32.2. The number of amides is 1. The number of aromatic hydroxyl groups is 2. The lowest BCUT2D eigenvalue weighted by atomic mass is 10.2. The number of thioether (sulfide) groups is 1. The van der Waals surface area contributed by atoms with E-state index >= 15 is 0 Å². The molecular weight excluding hydrogens is 304 g/mol. The molecule has 1 atom stereocenters. The van der Waals surface area contributed by atoms with Crippen LogP contribution in [0.4, 0.5) is 0 Å². The molecule has 4 N–H and O–H groups in total.